The third-order valence-corrected chi connectivity index (χ3v) is 6.44. The van der Waals surface area contributed by atoms with E-state index in [1.165, 1.54) is 0 Å². The molecule has 5 atom stereocenters. The van der Waals surface area contributed by atoms with E-state index in [2.05, 4.69) is 13.1 Å². The number of hydrogen-bond donors (Lipinski definition) is 5. The SMILES string of the molecule is CO[C@@]1(COP(=O)(O)OP(=O)(O)OP(=O)(O)O)O[C@@H](C)CC1O. The summed E-state index contributed by atoms with van der Waals surface area (Å²) < 4.78 is 54.8. The largest absolute Gasteiger partial charge is 0.490 e. The van der Waals surface area contributed by atoms with Gasteiger partial charge in [0.1, 0.15) is 12.7 Å². The Labute approximate surface area is 130 Å². The van der Waals surface area contributed by atoms with Crippen molar-refractivity contribution in [1.29, 1.82) is 0 Å². The van der Waals surface area contributed by atoms with E-state index >= 15 is 0 Å². The van der Waals surface area contributed by atoms with E-state index < -0.39 is 48.1 Å². The number of hydrogen-bond acceptors (Lipinski definition) is 9. The van der Waals surface area contributed by atoms with E-state index in [0.29, 0.717) is 0 Å². The molecule has 0 spiro atoms. The van der Waals surface area contributed by atoms with Gasteiger partial charge in [-0.3, -0.25) is 4.52 Å². The van der Waals surface area contributed by atoms with Crippen LogP contribution in [0.5, 0.6) is 0 Å². The smallest absolute Gasteiger partial charge is 0.387 e. The molecule has 1 aliphatic heterocycles. The van der Waals surface area contributed by atoms with Crippen LogP contribution in [0.4, 0.5) is 0 Å². The highest BCUT2D eigenvalue weighted by Crippen LogP contribution is 2.66. The van der Waals surface area contributed by atoms with E-state index in [4.69, 9.17) is 24.2 Å². The molecule has 23 heavy (non-hydrogen) atoms. The van der Waals surface area contributed by atoms with E-state index in [9.17, 15) is 23.7 Å². The maximum absolute atomic E-state index is 11.6. The second-order valence-electron chi connectivity index (χ2n) is 4.56. The molecule has 1 rings (SSSR count). The van der Waals surface area contributed by atoms with Crippen LogP contribution < -0.4 is 0 Å². The summed E-state index contributed by atoms with van der Waals surface area (Å²) in [7, 11) is -15.2. The second-order valence-corrected chi connectivity index (χ2v) is 8.98. The third kappa shape index (κ3) is 6.60. The summed E-state index contributed by atoms with van der Waals surface area (Å²) in [5.41, 5.74) is 0. The first kappa shape index (κ1) is 21.3. The molecule has 138 valence electrons. The summed E-state index contributed by atoms with van der Waals surface area (Å²) in [4.78, 5) is 35.1. The van der Waals surface area contributed by atoms with Gasteiger partial charge in [-0.25, -0.2) is 13.7 Å². The van der Waals surface area contributed by atoms with Crippen molar-refractivity contribution in [3.8, 4) is 0 Å². The topological polar surface area (TPSA) is 199 Å². The lowest BCUT2D eigenvalue weighted by Crippen LogP contribution is -2.45. The van der Waals surface area contributed by atoms with Crippen LogP contribution in [0.25, 0.3) is 0 Å². The zero-order valence-electron chi connectivity index (χ0n) is 11.9. The Bertz CT molecular complexity index is 558. The molecule has 0 amide bonds. The molecule has 3 unspecified atom stereocenters. The molecule has 0 aromatic heterocycles. The molecular weight excluding hydrogens is 385 g/mol. The highest BCUT2D eigenvalue weighted by molar-refractivity contribution is 7.66. The highest BCUT2D eigenvalue weighted by atomic mass is 31.3. The van der Waals surface area contributed by atoms with Crippen LogP contribution in [0.1, 0.15) is 13.3 Å². The van der Waals surface area contributed by atoms with Crippen LogP contribution >= 0.6 is 23.5 Å². The number of phosphoric acid groups is 3. The number of rotatable bonds is 8. The van der Waals surface area contributed by atoms with E-state index in [1.807, 2.05) is 0 Å². The van der Waals surface area contributed by atoms with Crippen molar-refractivity contribution in [2.75, 3.05) is 13.7 Å². The summed E-state index contributed by atoms with van der Waals surface area (Å²) in [6.07, 6.45) is -1.56. The fourth-order valence-corrected chi connectivity index (χ4v) is 4.85. The van der Waals surface area contributed by atoms with Crippen LogP contribution in [-0.4, -0.2) is 56.4 Å². The van der Waals surface area contributed by atoms with Gasteiger partial charge in [0.2, 0.25) is 5.79 Å². The number of methoxy groups -OCH3 is 1. The van der Waals surface area contributed by atoms with Gasteiger partial charge in [0.05, 0.1) is 6.10 Å². The van der Waals surface area contributed by atoms with Crippen LogP contribution in [0.15, 0.2) is 0 Å². The van der Waals surface area contributed by atoms with Gasteiger partial charge in [0.25, 0.3) is 0 Å². The van der Waals surface area contributed by atoms with Crippen LogP contribution in [0, 0.1) is 0 Å². The summed E-state index contributed by atoms with van der Waals surface area (Å²) in [5, 5.41) is 9.82. The summed E-state index contributed by atoms with van der Waals surface area (Å²) in [6.45, 7) is 0.716. The number of ether oxygens (including phenoxy) is 2. The zero-order valence-corrected chi connectivity index (χ0v) is 14.6. The molecule has 1 saturated heterocycles. The monoisotopic (exact) mass is 402 g/mol. The summed E-state index contributed by atoms with van der Waals surface area (Å²) in [5.74, 6) is -1.81. The maximum Gasteiger partial charge on any atom is 0.490 e. The Morgan fingerprint density at radius 1 is 1.13 bits per heavy atom. The predicted molar refractivity (Wildman–Crippen MR) is 70.7 cm³/mol. The van der Waals surface area contributed by atoms with Crippen molar-refractivity contribution in [3.63, 3.8) is 0 Å². The Morgan fingerprint density at radius 3 is 2.09 bits per heavy atom. The van der Waals surface area contributed by atoms with Crippen molar-refractivity contribution in [3.05, 3.63) is 0 Å². The first-order valence-corrected chi connectivity index (χ1v) is 10.4. The van der Waals surface area contributed by atoms with Crippen LogP contribution in [0.3, 0.4) is 0 Å². The standard InChI is InChI=1S/C7H17O13P3/c1-5-3-6(8)7(16-2,18-5)4-17-22(12,13)20-23(14,15)19-21(9,10)11/h5-6,8H,3-4H2,1-2H3,(H,12,13)(H,14,15)(H2,9,10,11)/t5-,6?,7-/m0/s1. The van der Waals surface area contributed by atoms with E-state index in [1.54, 1.807) is 6.92 Å². The molecule has 1 aliphatic rings. The minimum absolute atomic E-state index is 0.133. The van der Waals surface area contributed by atoms with Crippen LogP contribution in [0.2, 0.25) is 0 Å². The molecule has 0 aromatic rings. The molecular formula is C7H17O13P3. The second kappa shape index (κ2) is 7.27. The number of aliphatic hydroxyl groups excluding tert-OH is 1. The molecule has 1 fully saturated rings. The molecule has 1 heterocycles. The number of phosphoric ester groups is 1. The third-order valence-electron chi connectivity index (χ3n) is 2.65. The molecule has 5 N–H and O–H groups in total. The summed E-state index contributed by atoms with van der Waals surface area (Å²) in [6, 6.07) is 0. The van der Waals surface area contributed by atoms with Crippen molar-refractivity contribution >= 4 is 23.5 Å². The molecule has 0 aliphatic carbocycles. The zero-order chi connectivity index (χ0) is 18.1. The number of aliphatic hydroxyl groups is 1. The average Bonchev–Trinajstić information content (AvgIpc) is 2.57. The minimum Gasteiger partial charge on any atom is -0.387 e. The average molecular weight is 402 g/mol. The Morgan fingerprint density at radius 2 is 1.70 bits per heavy atom. The van der Waals surface area contributed by atoms with Gasteiger partial charge in [-0.05, 0) is 6.92 Å². The van der Waals surface area contributed by atoms with E-state index in [0.717, 1.165) is 7.11 Å². The molecule has 0 bridgehead atoms. The Balaban J connectivity index is 2.74. The van der Waals surface area contributed by atoms with Crippen molar-refractivity contribution in [2.24, 2.45) is 0 Å². The quantitative estimate of drug-likeness (QED) is 0.336. The fourth-order valence-electron chi connectivity index (χ4n) is 1.81. The Kier molecular flexibility index (Phi) is 6.74. The van der Waals surface area contributed by atoms with Gasteiger partial charge >= 0.3 is 23.5 Å². The molecule has 16 heteroatoms. The van der Waals surface area contributed by atoms with Gasteiger partial charge in [-0.15, -0.1) is 0 Å². The Hall–Kier alpha value is 0.290. The molecule has 0 aromatic carbocycles. The van der Waals surface area contributed by atoms with E-state index in [-0.39, 0.29) is 6.42 Å². The minimum atomic E-state index is -5.60. The molecule has 0 radical (unpaired) electrons. The maximum atomic E-state index is 11.6. The van der Waals surface area contributed by atoms with Crippen molar-refractivity contribution < 1.29 is 61.0 Å². The lowest BCUT2D eigenvalue weighted by atomic mass is 10.1. The lowest BCUT2D eigenvalue weighted by molar-refractivity contribution is -0.256. The van der Waals surface area contributed by atoms with Gasteiger partial charge in [0.15, 0.2) is 0 Å². The molecule has 13 nitrogen and oxygen atoms in total. The summed E-state index contributed by atoms with van der Waals surface area (Å²) >= 11 is 0. The van der Waals surface area contributed by atoms with Gasteiger partial charge in [0, 0.05) is 13.5 Å². The first-order valence-electron chi connectivity index (χ1n) is 5.90. The van der Waals surface area contributed by atoms with Crippen molar-refractivity contribution in [1.82, 2.24) is 0 Å². The fraction of sp³-hybridized carbons (Fsp3) is 1.00. The normalized spacial score (nSPS) is 34.0. The lowest BCUT2D eigenvalue weighted by Gasteiger charge is -2.30. The molecule has 0 saturated carbocycles. The van der Waals surface area contributed by atoms with Crippen LogP contribution in [-0.2, 0) is 36.3 Å². The van der Waals surface area contributed by atoms with Crippen molar-refractivity contribution in [2.45, 2.75) is 31.3 Å². The van der Waals surface area contributed by atoms with Gasteiger partial charge in [-0.1, -0.05) is 0 Å². The van der Waals surface area contributed by atoms with Gasteiger partial charge < -0.3 is 34.2 Å². The predicted octanol–water partition coefficient (Wildman–Crippen LogP) is -0.158. The van der Waals surface area contributed by atoms with Gasteiger partial charge in [-0.2, -0.15) is 8.62 Å². The highest BCUT2D eigenvalue weighted by Gasteiger charge is 2.50. The first-order chi connectivity index (χ1) is 10.2.